The maximum absolute atomic E-state index is 12.3. The van der Waals surface area contributed by atoms with Gasteiger partial charge in [0.05, 0.1) is 0 Å². The van der Waals surface area contributed by atoms with Gasteiger partial charge in [0, 0.05) is 11.3 Å². The minimum Gasteiger partial charge on any atom is -0.454 e. The monoisotopic (exact) mass is 297 g/mol. The van der Waals surface area contributed by atoms with Crippen LogP contribution in [0.15, 0.2) is 42.5 Å². The van der Waals surface area contributed by atoms with Gasteiger partial charge in [0.15, 0.2) is 11.5 Å². The zero-order chi connectivity index (χ0) is 15.5. The van der Waals surface area contributed by atoms with Crippen LogP contribution < -0.4 is 14.8 Å². The highest BCUT2D eigenvalue weighted by atomic mass is 16.7. The van der Waals surface area contributed by atoms with Crippen LogP contribution in [0.5, 0.6) is 11.5 Å². The first-order valence-corrected chi connectivity index (χ1v) is 7.48. The Morgan fingerprint density at radius 1 is 1.14 bits per heavy atom. The highest BCUT2D eigenvalue weighted by molar-refractivity contribution is 6.04. The van der Waals surface area contributed by atoms with Crippen LogP contribution in [0.25, 0.3) is 0 Å². The van der Waals surface area contributed by atoms with E-state index in [1.807, 2.05) is 12.1 Å². The number of ether oxygens (including phenoxy) is 2. The number of hydrogen-bond donors (Lipinski definition) is 1. The van der Waals surface area contributed by atoms with Gasteiger partial charge in [0.1, 0.15) is 0 Å². The summed E-state index contributed by atoms with van der Waals surface area (Å²) in [5, 5.41) is 2.90. The second kappa shape index (κ2) is 6.10. The van der Waals surface area contributed by atoms with E-state index in [0.717, 1.165) is 12.1 Å². The van der Waals surface area contributed by atoms with Crippen molar-refractivity contribution in [3.63, 3.8) is 0 Å². The number of amides is 1. The van der Waals surface area contributed by atoms with E-state index in [0.29, 0.717) is 23.0 Å². The molecule has 1 aliphatic heterocycles. The zero-order valence-electron chi connectivity index (χ0n) is 12.8. The van der Waals surface area contributed by atoms with Crippen LogP contribution in [-0.4, -0.2) is 12.7 Å². The molecule has 1 amide bonds. The quantitative estimate of drug-likeness (QED) is 0.921. The van der Waals surface area contributed by atoms with E-state index in [9.17, 15) is 4.79 Å². The number of rotatable bonds is 4. The van der Waals surface area contributed by atoms with Crippen molar-refractivity contribution in [3.05, 3.63) is 53.6 Å². The summed E-state index contributed by atoms with van der Waals surface area (Å²) < 4.78 is 10.5. The molecule has 1 atom stereocenters. The molecule has 0 spiro atoms. The van der Waals surface area contributed by atoms with Gasteiger partial charge < -0.3 is 14.8 Å². The van der Waals surface area contributed by atoms with Gasteiger partial charge in [-0.05, 0) is 48.2 Å². The normalized spacial score (nSPS) is 13.7. The molecule has 2 aromatic rings. The Balaban J connectivity index is 1.71. The lowest BCUT2D eigenvalue weighted by atomic mass is 9.98. The molecule has 2 aromatic carbocycles. The molecule has 0 aliphatic carbocycles. The lowest BCUT2D eigenvalue weighted by Crippen LogP contribution is -2.11. The first kappa shape index (κ1) is 14.4. The predicted octanol–water partition coefficient (Wildman–Crippen LogP) is 4.18. The minimum absolute atomic E-state index is 0.158. The summed E-state index contributed by atoms with van der Waals surface area (Å²) in [6.07, 6.45) is 1.10. The Morgan fingerprint density at radius 2 is 1.86 bits per heavy atom. The second-order valence-electron chi connectivity index (χ2n) is 5.45. The van der Waals surface area contributed by atoms with Gasteiger partial charge >= 0.3 is 0 Å². The molecule has 0 saturated carbocycles. The number of nitrogens with one attached hydrogen (secondary N) is 1. The fraction of sp³-hybridized carbons (Fsp3) is 0.278. The van der Waals surface area contributed by atoms with Crippen molar-refractivity contribution in [1.82, 2.24) is 0 Å². The molecule has 0 aromatic heterocycles. The maximum Gasteiger partial charge on any atom is 0.255 e. The van der Waals surface area contributed by atoms with Gasteiger partial charge in [-0.15, -0.1) is 0 Å². The molecule has 114 valence electrons. The summed E-state index contributed by atoms with van der Waals surface area (Å²) in [7, 11) is 0. The number of carbonyl (C=O) groups excluding carboxylic acids is 1. The topological polar surface area (TPSA) is 47.6 Å². The van der Waals surface area contributed by atoms with E-state index in [1.165, 1.54) is 5.56 Å². The van der Waals surface area contributed by atoms with Crippen LogP contribution in [0.2, 0.25) is 0 Å². The molecule has 1 aliphatic rings. The van der Waals surface area contributed by atoms with Gasteiger partial charge in [-0.3, -0.25) is 4.79 Å². The van der Waals surface area contributed by atoms with Crippen LogP contribution >= 0.6 is 0 Å². The molecule has 0 saturated heterocycles. The molecule has 4 heteroatoms. The van der Waals surface area contributed by atoms with Crippen LogP contribution in [0, 0.1) is 0 Å². The third kappa shape index (κ3) is 2.91. The van der Waals surface area contributed by atoms with Crippen molar-refractivity contribution >= 4 is 11.6 Å². The lowest BCUT2D eigenvalue weighted by molar-refractivity contribution is 0.102. The Bertz CT molecular complexity index is 679. The van der Waals surface area contributed by atoms with E-state index in [4.69, 9.17) is 9.47 Å². The Labute approximate surface area is 130 Å². The fourth-order valence-corrected chi connectivity index (χ4v) is 2.37. The molecule has 22 heavy (non-hydrogen) atoms. The SMILES string of the molecule is CC[C@@H](C)c1ccc(NC(=O)c2ccc3c(c2)OCO3)cc1. The third-order valence-electron chi connectivity index (χ3n) is 3.98. The van der Waals surface area contributed by atoms with Crippen molar-refractivity contribution in [1.29, 1.82) is 0 Å². The zero-order valence-corrected chi connectivity index (χ0v) is 12.8. The lowest BCUT2D eigenvalue weighted by Gasteiger charge is -2.10. The molecule has 1 heterocycles. The first-order chi connectivity index (χ1) is 10.7. The molecule has 0 unspecified atom stereocenters. The van der Waals surface area contributed by atoms with E-state index >= 15 is 0 Å². The van der Waals surface area contributed by atoms with Crippen molar-refractivity contribution in [2.45, 2.75) is 26.2 Å². The summed E-state index contributed by atoms with van der Waals surface area (Å²) >= 11 is 0. The molecule has 0 bridgehead atoms. The van der Waals surface area contributed by atoms with Gasteiger partial charge in [-0.1, -0.05) is 26.0 Å². The summed E-state index contributed by atoms with van der Waals surface area (Å²) in [4.78, 5) is 12.3. The number of fused-ring (bicyclic) bond motifs is 1. The van der Waals surface area contributed by atoms with Crippen LogP contribution in [0.1, 0.15) is 42.1 Å². The Hall–Kier alpha value is -2.49. The first-order valence-electron chi connectivity index (χ1n) is 7.48. The minimum atomic E-state index is -0.158. The van der Waals surface area contributed by atoms with Crippen LogP contribution in [0.3, 0.4) is 0 Å². The summed E-state index contributed by atoms with van der Waals surface area (Å²) in [5.74, 6) is 1.66. The summed E-state index contributed by atoms with van der Waals surface area (Å²) in [5.41, 5.74) is 2.62. The average molecular weight is 297 g/mol. The fourth-order valence-electron chi connectivity index (χ4n) is 2.37. The molecule has 0 radical (unpaired) electrons. The number of carbonyl (C=O) groups is 1. The Kier molecular flexibility index (Phi) is 4.00. The predicted molar refractivity (Wildman–Crippen MR) is 85.7 cm³/mol. The number of hydrogen-bond acceptors (Lipinski definition) is 3. The van der Waals surface area contributed by atoms with Crippen LogP contribution in [-0.2, 0) is 0 Å². The van der Waals surface area contributed by atoms with E-state index in [2.05, 4.69) is 31.3 Å². The third-order valence-corrected chi connectivity index (χ3v) is 3.98. The second-order valence-corrected chi connectivity index (χ2v) is 5.45. The van der Waals surface area contributed by atoms with Crippen molar-refractivity contribution in [3.8, 4) is 11.5 Å². The highest BCUT2D eigenvalue weighted by Gasteiger charge is 2.16. The van der Waals surface area contributed by atoms with Gasteiger partial charge in [0.2, 0.25) is 6.79 Å². The highest BCUT2D eigenvalue weighted by Crippen LogP contribution is 2.32. The van der Waals surface area contributed by atoms with E-state index < -0.39 is 0 Å². The Morgan fingerprint density at radius 3 is 2.59 bits per heavy atom. The number of benzene rings is 2. The number of anilines is 1. The average Bonchev–Trinajstić information content (AvgIpc) is 3.02. The molecular formula is C18H19NO3. The molecular weight excluding hydrogens is 278 g/mol. The smallest absolute Gasteiger partial charge is 0.255 e. The summed E-state index contributed by atoms with van der Waals surface area (Å²) in [6, 6.07) is 13.2. The summed E-state index contributed by atoms with van der Waals surface area (Å²) in [6.45, 7) is 4.57. The molecule has 1 N–H and O–H groups in total. The maximum atomic E-state index is 12.3. The van der Waals surface area contributed by atoms with Crippen LogP contribution in [0.4, 0.5) is 5.69 Å². The van der Waals surface area contributed by atoms with Crippen molar-refractivity contribution in [2.75, 3.05) is 12.1 Å². The largest absolute Gasteiger partial charge is 0.454 e. The molecule has 3 rings (SSSR count). The standard InChI is InChI=1S/C18H19NO3/c1-3-12(2)13-4-7-15(8-5-13)19-18(20)14-6-9-16-17(10-14)22-11-21-16/h4-10,12H,3,11H2,1-2H3,(H,19,20)/t12-/m1/s1. The van der Waals surface area contributed by atoms with Gasteiger partial charge in [0.25, 0.3) is 5.91 Å². The van der Waals surface area contributed by atoms with Crippen molar-refractivity contribution in [2.24, 2.45) is 0 Å². The molecule has 4 nitrogen and oxygen atoms in total. The van der Waals surface area contributed by atoms with E-state index in [1.54, 1.807) is 18.2 Å². The van der Waals surface area contributed by atoms with E-state index in [-0.39, 0.29) is 12.7 Å². The molecule has 0 fully saturated rings. The van der Waals surface area contributed by atoms with Gasteiger partial charge in [-0.25, -0.2) is 0 Å². The van der Waals surface area contributed by atoms with Crippen molar-refractivity contribution < 1.29 is 14.3 Å². The van der Waals surface area contributed by atoms with Gasteiger partial charge in [-0.2, -0.15) is 0 Å².